The van der Waals surface area contributed by atoms with Gasteiger partial charge in [0.25, 0.3) is 0 Å². The number of esters is 2. The molecule has 0 radical (unpaired) electrons. The largest absolute Gasteiger partial charge is 0.457 e. The second-order valence-electron chi connectivity index (χ2n) is 7.96. The summed E-state index contributed by atoms with van der Waals surface area (Å²) < 4.78 is 49.2. The molecule has 0 unspecified atom stereocenters. The first-order valence-electron chi connectivity index (χ1n) is 11.1. The number of Topliss-reactive ketones (excluding diaryl/α,β-unsaturated/α-hetero) is 1. The van der Waals surface area contributed by atoms with Gasteiger partial charge in [0.2, 0.25) is 5.91 Å². The Bertz CT molecular complexity index is 1280. The van der Waals surface area contributed by atoms with E-state index in [1.807, 2.05) is 6.92 Å². The lowest BCUT2D eigenvalue weighted by molar-refractivity contribution is -0.143. The van der Waals surface area contributed by atoms with E-state index in [-0.39, 0.29) is 11.3 Å². The van der Waals surface area contributed by atoms with Crippen LogP contribution in [0.15, 0.2) is 72.8 Å². The summed E-state index contributed by atoms with van der Waals surface area (Å²) in [5.41, 5.74) is 0.138. The fraction of sp³-hybridized carbons (Fsp3) is 0.185. The number of ether oxygens (including phenoxy) is 2. The van der Waals surface area contributed by atoms with Crippen molar-refractivity contribution in [2.75, 3.05) is 11.9 Å². The van der Waals surface area contributed by atoms with Crippen molar-refractivity contribution in [1.82, 2.24) is 0 Å². The molecule has 0 spiro atoms. The maximum absolute atomic E-state index is 13.0. The molecule has 0 bridgehead atoms. The number of ketones is 1. The van der Waals surface area contributed by atoms with Crippen LogP contribution >= 0.6 is 0 Å². The summed E-state index contributed by atoms with van der Waals surface area (Å²) in [6.07, 6.45) is -5.51. The third kappa shape index (κ3) is 8.03. The molecule has 3 aromatic carbocycles. The van der Waals surface area contributed by atoms with Gasteiger partial charge >= 0.3 is 18.1 Å². The van der Waals surface area contributed by atoms with E-state index in [0.717, 1.165) is 17.7 Å². The van der Waals surface area contributed by atoms with Crippen molar-refractivity contribution in [3.8, 4) is 5.75 Å². The highest BCUT2D eigenvalue weighted by Gasteiger charge is 2.33. The first kappa shape index (κ1) is 27.1. The van der Waals surface area contributed by atoms with Crippen LogP contribution in [0, 0.1) is 6.92 Å². The zero-order valence-corrected chi connectivity index (χ0v) is 19.6. The zero-order chi connectivity index (χ0) is 27.0. The minimum atomic E-state index is -4.65. The number of nitrogens with one attached hydrogen (secondary N) is 1. The summed E-state index contributed by atoms with van der Waals surface area (Å²) in [5, 5.41) is 2.13. The van der Waals surface area contributed by atoms with Gasteiger partial charge in [-0.2, -0.15) is 13.2 Å². The van der Waals surface area contributed by atoms with Crippen molar-refractivity contribution in [3.63, 3.8) is 0 Å². The second-order valence-corrected chi connectivity index (χ2v) is 7.96. The third-order valence-electron chi connectivity index (χ3n) is 5.10. The van der Waals surface area contributed by atoms with Crippen LogP contribution in [0.3, 0.4) is 0 Å². The Balaban J connectivity index is 1.44. The van der Waals surface area contributed by atoms with Crippen LogP contribution in [-0.2, 0) is 20.5 Å². The fourth-order valence-electron chi connectivity index (χ4n) is 3.13. The molecule has 0 aliphatic carbocycles. The lowest BCUT2D eigenvalue weighted by Gasteiger charge is -2.13. The molecule has 3 rings (SSSR count). The monoisotopic (exact) mass is 513 g/mol. The number of para-hydroxylation sites is 1. The molecule has 3 aromatic rings. The second kappa shape index (κ2) is 12.0. The Morgan fingerprint density at radius 2 is 1.43 bits per heavy atom. The smallest absolute Gasteiger partial charge is 0.418 e. The Hall–Kier alpha value is -4.47. The number of aryl methyl sites for hydroxylation is 1. The number of hydrogen-bond donors (Lipinski definition) is 1. The molecule has 0 heterocycles. The van der Waals surface area contributed by atoms with Gasteiger partial charge in [-0.05, 0) is 55.5 Å². The average Bonchev–Trinajstić information content (AvgIpc) is 2.86. The van der Waals surface area contributed by atoms with Crippen LogP contribution < -0.4 is 10.1 Å². The first-order valence-corrected chi connectivity index (χ1v) is 11.1. The molecule has 0 aliphatic heterocycles. The summed E-state index contributed by atoms with van der Waals surface area (Å²) in [5.74, 6) is -2.54. The van der Waals surface area contributed by atoms with Gasteiger partial charge in [0, 0.05) is 12.0 Å². The molecule has 10 heteroatoms. The average molecular weight is 513 g/mol. The molecule has 7 nitrogen and oxygen atoms in total. The molecule has 192 valence electrons. The van der Waals surface area contributed by atoms with Gasteiger partial charge in [-0.1, -0.05) is 29.8 Å². The zero-order valence-electron chi connectivity index (χ0n) is 19.6. The Kier molecular flexibility index (Phi) is 8.78. The minimum Gasteiger partial charge on any atom is -0.457 e. The Morgan fingerprint density at radius 3 is 2.08 bits per heavy atom. The van der Waals surface area contributed by atoms with Crippen molar-refractivity contribution in [3.05, 3.63) is 95.1 Å². The summed E-state index contributed by atoms with van der Waals surface area (Å²) >= 11 is 0. The Labute approximate surface area is 210 Å². The lowest BCUT2D eigenvalue weighted by Crippen LogP contribution is -2.19. The topological polar surface area (TPSA) is 98.8 Å². The van der Waals surface area contributed by atoms with E-state index >= 15 is 0 Å². The van der Waals surface area contributed by atoms with Crippen LogP contribution in [0.2, 0.25) is 0 Å². The van der Waals surface area contributed by atoms with Crippen LogP contribution in [0.1, 0.15) is 44.7 Å². The fourth-order valence-corrected chi connectivity index (χ4v) is 3.13. The van der Waals surface area contributed by atoms with E-state index in [1.165, 1.54) is 36.4 Å². The number of carbonyl (C=O) groups excluding carboxylic acids is 4. The summed E-state index contributed by atoms with van der Waals surface area (Å²) in [6, 6.07) is 16.9. The molecule has 0 saturated carbocycles. The van der Waals surface area contributed by atoms with Gasteiger partial charge in [0.1, 0.15) is 5.75 Å². The summed E-state index contributed by atoms with van der Waals surface area (Å²) in [4.78, 5) is 48.3. The number of hydrogen-bond acceptors (Lipinski definition) is 6. The maximum atomic E-state index is 13.0. The van der Waals surface area contributed by atoms with E-state index in [1.54, 1.807) is 24.3 Å². The highest BCUT2D eigenvalue weighted by atomic mass is 19.4. The van der Waals surface area contributed by atoms with E-state index in [0.29, 0.717) is 5.56 Å². The lowest BCUT2D eigenvalue weighted by atomic mass is 10.1. The predicted octanol–water partition coefficient (Wildman–Crippen LogP) is 5.38. The van der Waals surface area contributed by atoms with Crippen molar-refractivity contribution < 1.29 is 41.8 Å². The van der Waals surface area contributed by atoms with Gasteiger partial charge in [0.15, 0.2) is 12.4 Å². The molecule has 0 aliphatic rings. The highest BCUT2D eigenvalue weighted by Crippen LogP contribution is 2.34. The number of anilines is 1. The third-order valence-corrected chi connectivity index (χ3v) is 5.10. The van der Waals surface area contributed by atoms with E-state index in [4.69, 9.17) is 9.47 Å². The van der Waals surface area contributed by atoms with Gasteiger partial charge < -0.3 is 14.8 Å². The van der Waals surface area contributed by atoms with E-state index in [2.05, 4.69) is 5.32 Å². The number of amides is 1. The molecule has 0 atom stereocenters. The van der Waals surface area contributed by atoms with E-state index in [9.17, 15) is 32.3 Å². The number of rotatable bonds is 9. The number of halogens is 3. The molecule has 37 heavy (non-hydrogen) atoms. The van der Waals surface area contributed by atoms with Gasteiger partial charge in [0.05, 0.1) is 23.2 Å². The maximum Gasteiger partial charge on any atom is 0.418 e. The molecule has 0 aromatic heterocycles. The predicted molar refractivity (Wildman–Crippen MR) is 127 cm³/mol. The standard InChI is InChI=1S/C27H22F3NO6/c1-17-6-8-19(9-7-17)26(35)37-20-12-10-18(11-13-20)23(32)16-36-25(34)15-14-24(33)31-22-5-3-2-4-21(22)27(28,29)30/h2-13H,14-16H2,1H3,(H,31,33). The van der Waals surface area contributed by atoms with Crippen molar-refractivity contribution in [2.45, 2.75) is 25.9 Å². The van der Waals surface area contributed by atoms with Crippen LogP contribution in [0.4, 0.5) is 18.9 Å². The number of carbonyl (C=O) groups is 4. The minimum absolute atomic E-state index is 0.199. The Morgan fingerprint density at radius 1 is 0.811 bits per heavy atom. The molecule has 0 fully saturated rings. The summed E-state index contributed by atoms with van der Waals surface area (Å²) in [7, 11) is 0. The molecular formula is C27H22F3NO6. The van der Waals surface area contributed by atoms with Crippen LogP contribution in [0.5, 0.6) is 5.75 Å². The van der Waals surface area contributed by atoms with Crippen LogP contribution in [-0.4, -0.2) is 30.2 Å². The normalized spacial score (nSPS) is 10.9. The van der Waals surface area contributed by atoms with Crippen molar-refractivity contribution in [2.24, 2.45) is 0 Å². The first-order chi connectivity index (χ1) is 17.5. The van der Waals surface area contributed by atoms with E-state index < -0.39 is 60.5 Å². The molecule has 0 saturated heterocycles. The van der Waals surface area contributed by atoms with Crippen molar-refractivity contribution in [1.29, 1.82) is 0 Å². The SMILES string of the molecule is Cc1ccc(C(=O)Oc2ccc(C(=O)COC(=O)CCC(=O)Nc3ccccc3C(F)(F)F)cc2)cc1. The summed E-state index contributed by atoms with van der Waals surface area (Å²) in [6.45, 7) is 1.29. The van der Waals surface area contributed by atoms with Crippen LogP contribution in [0.25, 0.3) is 0 Å². The number of benzene rings is 3. The molecular weight excluding hydrogens is 491 g/mol. The quantitative estimate of drug-likeness (QED) is 0.234. The highest BCUT2D eigenvalue weighted by molar-refractivity contribution is 5.98. The number of alkyl halides is 3. The molecule has 1 N–H and O–H groups in total. The van der Waals surface area contributed by atoms with Gasteiger partial charge in [-0.15, -0.1) is 0 Å². The van der Waals surface area contributed by atoms with Crippen molar-refractivity contribution >= 4 is 29.3 Å². The van der Waals surface area contributed by atoms with Gasteiger partial charge in [-0.25, -0.2) is 4.79 Å². The van der Waals surface area contributed by atoms with Gasteiger partial charge in [-0.3, -0.25) is 14.4 Å². The molecule has 1 amide bonds.